The summed E-state index contributed by atoms with van der Waals surface area (Å²) in [6.45, 7) is 0. The van der Waals surface area contributed by atoms with Crippen LogP contribution in [0.2, 0.25) is 0 Å². The van der Waals surface area contributed by atoms with Gasteiger partial charge in [0, 0.05) is 0 Å². The summed E-state index contributed by atoms with van der Waals surface area (Å²) in [7, 11) is 0. The molecule has 0 aromatic rings. The highest BCUT2D eigenvalue weighted by molar-refractivity contribution is 3.84. The molecule has 0 bridgehead atoms. The van der Waals surface area contributed by atoms with Crippen LogP contribution in [0.3, 0.4) is 0 Å². The van der Waals surface area contributed by atoms with Crippen LogP contribution in [-0.2, 0) is 0 Å². The molecule has 0 heterocycles. The van der Waals surface area contributed by atoms with Gasteiger partial charge in [0.05, 0.1) is 0 Å². The first-order valence-corrected chi connectivity index (χ1v) is 0.765. The van der Waals surface area contributed by atoms with Gasteiger partial charge >= 0.3 is 0 Å². The fraction of sp³-hybridized carbons (Fsp3) is 0. The van der Waals surface area contributed by atoms with Crippen LogP contribution in [0.15, 0.2) is 10.7 Å². The Kier molecular flexibility index (Phi) is 913. The predicted molar refractivity (Wildman–Crippen MR) is 23.8 cm³/mol. The molecule has 0 aliphatic heterocycles. The number of rotatable bonds is 0. The molecule has 0 saturated carbocycles. The maximum absolute atomic E-state index is 8.11. The van der Waals surface area contributed by atoms with Gasteiger partial charge in [0.25, 0.3) is 0 Å². The highest BCUT2D eigenvalue weighted by Gasteiger charge is 1.18. The average molecular weight is 129 g/mol. The molecule has 8 heteroatoms. The van der Waals surface area contributed by atoms with E-state index in [9.17, 15) is 0 Å². The molecule has 0 aliphatic carbocycles. The Balaban J connectivity index is -0.0000000160. The molecule has 0 unspecified atom stereocenters. The van der Waals surface area contributed by atoms with Crippen LogP contribution >= 0.6 is 0 Å². The molecular weight excluding hydrogens is 122 g/mol. The van der Waals surface area contributed by atoms with Crippen LogP contribution in [0.5, 0.6) is 0 Å². The molecule has 0 rings (SSSR count). The molecule has 0 saturated heterocycles. The zero-order valence-electron chi connectivity index (χ0n) is 3.81. The van der Waals surface area contributed by atoms with Gasteiger partial charge in [-0.05, 0) is 0 Å². The molecular formula is H7N3O5. The molecule has 0 amide bonds. The minimum atomic E-state index is 0. The summed E-state index contributed by atoms with van der Waals surface area (Å²) < 4.78 is 0. The van der Waals surface area contributed by atoms with Crippen molar-refractivity contribution < 1.29 is 15.9 Å². The minimum Gasteiger partial charge on any atom is -0.412 e. The first kappa shape index (κ1) is 29.7. The fourth-order valence-electron chi connectivity index (χ4n) is 0. The van der Waals surface area contributed by atoms with Gasteiger partial charge in [-0.3, -0.25) is 0 Å². The topological polar surface area (TPSA) is 166 Å². The van der Waals surface area contributed by atoms with Crippen molar-refractivity contribution in [3.63, 3.8) is 0 Å². The van der Waals surface area contributed by atoms with Crippen molar-refractivity contribution in [3.05, 3.63) is 9.81 Å². The molecule has 8 heavy (non-hydrogen) atoms. The Morgan fingerprint density at radius 1 is 1.00 bits per heavy atom. The lowest BCUT2D eigenvalue weighted by atomic mass is 13.4. The van der Waals surface area contributed by atoms with Gasteiger partial charge in [0.2, 0.25) is 0 Å². The molecule has 0 radical (unpaired) electrons. The third-order valence-electron chi connectivity index (χ3n) is 0. The van der Waals surface area contributed by atoms with E-state index in [2.05, 4.69) is 0 Å². The van der Waals surface area contributed by atoms with Crippen LogP contribution in [0.1, 0.15) is 0 Å². The van der Waals surface area contributed by atoms with Crippen LogP contribution in [0.4, 0.5) is 0 Å². The number of nitrogens with zero attached hydrogens (tertiary/aromatic N) is 2. The third kappa shape index (κ3) is 39.9. The Morgan fingerprint density at radius 2 is 1.00 bits per heavy atom. The molecule has 0 atom stereocenters. The molecule has 0 aromatic carbocycles. The molecule has 0 fully saturated rings. The van der Waals surface area contributed by atoms with Crippen molar-refractivity contribution in [2.45, 2.75) is 0 Å². The molecule has 52 valence electrons. The molecule has 0 aromatic heterocycles. The van der Waals surface area contributed by atoms with Crippen molar-refractivity contribution in [1.29, 1.82) is 0 Å². The van der Waals surface area contributed by atoms with Crippen molar-refractivity contribution in [1.82, 2.24) is 6.15 Å². The van der Waals surface area contributed by atoms with Crippen molar-refractivity contribution in [3.8, 4) is 0 Å². The van der Waals surface area contributed by atoms with E-state index in [1.54, 1.807) is 0 Å². The zero-order valence-corrected chi connectivity index (χ0v) is 3.81. The van der Waals surface area contributed by atoms with Crippen molar-refractivity contribution >= 4 is 0 Å². The monoisotopic (exact) mass is 129 g/mol. The molecule has 7 N–H and O–H groups in total. The SMILES string of the molecule is N.O.O=NO.O=NO. The highest BCUT2D eigenvalue weighted by atomic mass is 16.6. The Hall–Kier alpha value is -1.28. The van der Waals surface area contributed by atoms with Crippen LogP contribution in [0.25, 0.3) is 0 Å². The van der Waals surface area contributed by atoms with Gasteiger partial charge in [-0.2, -0.15) is 0 Å². The van der Waals surface area contributed by atoms with Gasteiger partial charge in [-0.1, -0.05) is 0 Å². The van der Waals surface area contributed by atoms with E-state index in [0.717, 1.165) is 0 Å². The van der Waals surface area contributed by atoms with Crippen LogP contribution in [-0.4, -0.2) is 15.9 Å². The van der Waals surface area contributed by atoms with E-state index in [-0.39, 0.29) is 11.6 Å². The molecule has 0 spiro atoms. The van der Waals surface area contributed by atoms with E-state index >= 15 is 0 Å². The average Bonchev–Trinajstić information content (AvgIpc) is 1.39. The molecule has 8 nitrogen and oxygen atoms in total. The summed E-state index contributed by atoms with van der Waals surface area (Å²) in [4.78, 5) is 16.2. The first-order valence-electron chi connectivity index (χ1n) is 0.765. The largest absolute Gasteiger partial charge is 0.412 e. The van der Waals surface area contributed by atoms with Crippen molar-refractivity contribution in [2.24, 2.45) is 10.7 Å². The van der Waals surface area contributed by atoms with Crippen LogP contribution < -0.4 is 6.15 Å². The summed E-state index contributed by atoms with van der Waals surface area (Å²) in [5.74, 6) is 0. The lowest BCUT2D eigenvalue weighted by Crippen LogP contribution is -1.25. The van der Waals surface area contributed by atoms with Gasteiger partial charge < -0.3 is 22.0 Å². The fourth-order valence-corrected chi connectivity index (χ4v) is 0. The second-order valence-corrected chi connectivity index (χ2v) is 0.163. The second kappa shape index (κ2) is 246. The smallest absolute Gasteiger partial charge is 0.152 e. The van der Waals surface area contributed by atoms with Gasteiger partial charge in [0.1, 0.15) is 0 Å². The lowest BCUT2D eigenvalue weighted by Gasteiger charge is -1.32. The van der Waals surface area contributed by atoms with Crippen molar-refractivity contribution in [2.75, 3.05) is 0 Å². The molecule has 0 aliphatic rings. The summed E-state index contributed by atoms with van der Waals surface area (Å²) >= 11 is 0. The minimum absolute atomic E-state index is 0. The van der Waals surface area contributed by atoms with Gasteiger partial charge in [0.15, 0.2) is 10.7 Å². The summed E-state index contributed by atoms with van der Waals surface area (Å²) in [6, 6.07) is 0. The zero-order chi connectivity index (χ0) is 5.41. The number of hydrogen-bond acceptors (Lipinski definition) is 5. The Labute approximate surface area is 43.9 Å². The first-order chi connectivity index (χ1) is 2.83. The Morgan fingerprint density at radius 3 is 1.00 bits per heavy atom. The normalized spacial score (nSPS) is 3.00. The summed E-state index contributed by atoms with van der Waals surface area (Å²) in [6.07, 6.45) is 0. The van der Waals surface area contributed by atoms with E-state index in [1.807, 2.05) is 0 Å². The summed E-state index contributed by atoms with van der Waals surface area (Å²) in [5, 5.41) is 15.8. The van der Waals surface area contributed by atoms with E-state index in [4.69, 9.17) is 20.2 Å². The maximum atomic E-state index is 8.11. The third-order valence-corrected chi connectivity index (χ3v) is 0. The van der Waals surface area contributed by atoms with E-state index < -0.39 is 0 Å². The lowest BCUT2D eigenvalue weighted by molar-refractivity contribution is 0.312. The highest BCUT2D eigenvalue weighted by Crippen LogP contribution is 1.25. The van der Waals surface area contributed by atoms with E-state index in [0.29, 0.717) is 0 Å². The number of hydrogen-bond donors (Lipinski definition) is 3. The van der Waals surface area contributed by atoms with E-state index in [1.165, 1.54) is 10.7 Å². The van der Waals surface area contributed by atoms with Gasteiger partial charge in [-0.15, -0.1) is 9.81 Å². The second-order valence-electron chi connectivity index (χ2n) is 0.163. The summed E-state index contributed by atoms with van der Waals surface area (Å²) in [5.41, 5.74) is 0. The Bertz CT molecular complexity index is 28.7. The predicted octanol–water partition coefficient (Wildman–Crippen LogP) is -0.379. The van der Waals surface area contributed by atoms with Gasteiger partial charge in [-0.25, -0.2) is 0 Å². The maximum Gasteiger partial charge on any atom is 0.152 e. The van der Waals surface area contributed by atoms with Crippen LogP contribution in [0, 0.1) is 9.81 Å². The quantitative estimate of drug-likeness (QED) is 0.299. The standard InChI is InChI=1S/2HNO2.H3N.H2O/c2*2-1-3;;/h2*(H,2,3);1H3;1H2.